The molecule has 1 aromatic carbocycles. The average Bonchev–Trinajstić information content (AvgIpc) is 2.23. The lowest BCUT2D eigenvalue weighted by Crippen LogP contribution is -2.12. The van der Waals surface area contributed by atoms with Gasteiger partial charge in [0.2, 0.25) is 5.91 Å². The molecule has 0 aliphatic rings. The molecule has 3 N–H and O–H groups in total. The fourth-order valence-electron chi connectivity index (χ4n) is 1.66. The number of phenols is 1. The summed E-state index contributed by atoms with van der Waals surface area (Å²) in [5.74, 6) is -2.27. The van der Waals surface area contributed by atoms with E-state index < -0.39 is 11.9 Å². The monoisotopic (exact) mass is 237 g/mol. The van der Waals surface area contributed by atoms with Gasteiger partial charge in [0.15, 0.2) is 0 Å². The molecule has 1 unspecified atom stereocenters. The summed E-state index contributed by atoms with van der Waals surface area (Å²) in [7, 11) is 0. The summed E-state index contributed by atoms with van der Waals surface area (Å²) in [6.07, 6.45) is 0.367. The van der Waals surface area contributed by atoms with Crippen LogP contribution in [0.15, 0.2) is 18.2 Å². The maximum atomic E-state index is 11.0. The van der Waals surface area contributed by atoms with Crippen LogP contribution in [0.4, 0.5) is 5.69 Å². The van der Waals surface area contributed by atoms with Crippen molar-refractivity contribution in [1.82, 2.24) is 0 Å². The van der Waals surface area contributed by atoms with Gasteiger partial charge in [-0.1, -0.05) is 19.1 Å². The van der Waals surface area contributed by atoms with Crippen molar-refractivity contribution in [3.63, 3.8) is 0 Å². The topological polar surface area (TPSA) is 86.6 Å². The maximum absolute atomic E-state index is 11.0. The van der Waals surface area contributed by atoms with Crippen LogP contribution in [0.5, 0.6) is 5.75 Å². The van der Waals surface area contributed by atoms with Crippen molar-refractivity contribution < 1.29 is 19.8 Å². The maximum Gasteiger partial charge on any atom is 0.311 e. The molecular weight excluding hydrogens is 222 g/mol. The number of phenolic OH excluding ortho intramolecular Hbond substituents is 1. The lowest BCUT2D eigenvalue weighted by atomic mass is 9.95. The smallest absolute Gasteiger partial charge is 0.311 e. The molecule has 1 amide bonds. The number of hydrogen-bond donors (Lipinski definition) is 3. The Kier molecular flexibility index (Phi) is 4.09. The molecule has 92 valence electrons. The van der Waals surface area contributed by atoms with E-state index in [2.05, 4.69) is 5.32 Å². The van der Waals surface area contributed by atoms with Gasteiger partial charge in [-0.05, 0) is 12.5 Å². The highest BCUT2D eigenvalue weighted by molar-refractivity contribution is 5.91. The van der Waals surface area contributed by atoms with Crippen molar-refractivity contribution >= 4 is 17.6 Å². The minimum absolute atomic E-state index is 0.183. The van der Waals surface area contributed by atoms with Crippen molar-refractivity contribution in [2.45, 2.75) is 26.2 Å². The molecule has 0 aliphatic heterocycles. The van der Waals surface area contributed by atoms with Crippen LogP contribution < -0.4 is 5.32 Å². The summed E-state index contributed by atoms with van der Waals surface area (Å²) in [5.41, 5.74) is 0.543. The Morgan fingerprint density at radius 1 is 1.41 bits per heavy atom. The molecule has 0 spiro atoms. The zero-order chi connectivity index (χ0) is 13.0. The highest BCUT2D eigenvalue weighted by Gasteiger charge is 2.22. The molecule has 1 rings (SSSR count). The van der Waals surface area contributed by atoms with Crippen molar-refractivity contribution in [2.24, 2.45) is 0 Å². The number of para-hydroxylation sites is 1. The predicted octanol–water partition coefficient (Wildman–Crippen LogP) is 1.93. The molecule has 0 radical (unpaired) electrons. The molecular formula is C12H15NO4. The van der Waals surface area contributed by atoms with Gasteiger partial charge >= 0.3 is 5.97 Å². The van der Waals surface area contributed by atoms with Crippen molar-refractivity contribution in [1.29, 1.82) is 0 Å². The number of nitrogens with one attached hydrogen (secondary N) is 1. The van der Waals surface area contributed by atoms with Gasteiger partial charge in [0, 0.05) is 12.5 Å². The molecule has 0 fully saturated rings. The number of carbonyl (C=O) groups excluding carboxylic acids is 1. The van der Waals surface area contributed by atoms with E-state index in [1.165, 1.54) is 13.0 Å². The Morgan fingerprint density at radius 2 is 2.06 bits per heavy atom. The summed E-state index contributed by atoms with van der Waals surface area (Å²) in [6, 6.07) is 4.67. The zero-order valence-corrected chi connectivity index (χ0v) is 9.73. The Balaban J connectivity index is 3.17. The second-order valence-electron chi connectivity index (χ2n) is 3.72. The van der Waals surface area contributed by atoms with Crippen LogP contribution in [-0.2, 0) is 9.59 Å². The quantitative estimate of drug-likeness (QED) is 0.698. The lowest BCUT2D eigenvalue weighted by Gasteiger charge is -2.14. The highest BCUT2D eigenvalue weighted by Crippen LogP contribution is 2.34. The van der Waals surface area contributed by atoms with Gasteiger partial charge in [-0.15, -0.1) is 0 Å². The number of benzene rings is 1. The first kappa shape index (κ1) is 13.0. The minimum Gasteiger partial charge on any atom is -0.505 e. The molecule has 0 bridgehead atoms. The number of carboxylic acids is 1. The third-order valence-electron chi connectivity index (χ3n) is 2.46. The minimum atomic E-state index is -0.997. The summed E-state index contributed by atoms with van der Waals surface area (Å²) in [5, 5.41) is 21.4. The molecule has 0 aromatic heterocycles. The number of rotatable bonds is 4. The van der Waals surface area contributed by atoms with Crippen LogP contribution in [0, 0.1) is 0 Å². The van der Waals surface area contributed by atoms with Crippen LogP contribution in [0.25, 0.3) is 0 Å². The molecule has 0 heterocycles. The van der Waals surface area contributed by atoms with E-state index >= 15 is 0 Å². The van der Waals surface area contributed by atoms with Crippen LogP contribution in [0.3, 0.4) is 0 Å². The van der Waals surface area contributed by atoms with E-state index in [1.54, 1.807) is 19.1 Å². The first-order valence-electron chi connectivity index (χ1n) is 5.29. The Labute approximate surface area is 99.1 Å². The van der Waals surface area contributed by atoms with Gasteiger partial charge < -0.3 is 15.5 Å². The molecule has 1 atom stereocenters. The number of aromatic hydroxyl groups is 1. The average molecular weight is 237 g/mol. The summed E-state index contributed by atoms with van der Waals surface area (Å²) >= 11 is 0. The first-order valence-corrected chi connectivity index (χ1v) is 5.29. The summed E-state index contributed by atoms with van der Waals surface area (Å²) in [6.45, 7) is 3.05. The van der Waals surface area contributed by atoms with Crippen molar-refractivity contribution in [3.8, 4) is 5.75 Å². The van der Waals surface area contributed by atoms with Crippen LogP contribution in [-0.4, -0.2) is 22.1 Å². The molecule has 0 saturated carbocycles. The number of carboxylic acid groups (broad SMARTS) is 1. The van der Waals surface area contributed by atoms with Gasteiger partial charge in [0.1, 0.15) is 5.75 Å². The van der Waals surface area contributed by atoms with Gasteiger partial charge in [-0.3, -0.25) is 9.59 Å². The van der Waals surface area contributed by atoms with Gasteiger partial charge in [0.25, 0.3) is 0 Å². The highest BCUT2D eigenvalue weighted by atomic mass is 16.4. The van der Waals surface area contributed by atoms with Crippen molar-refractivity contribution in [3.05, 3.63) is 23.8 Å². The molecule has 5 heteroatoms. The normalized spacial score (nSPS) is 11.9. The SMILES string of the molecule is CCC(C(=O)O)c1cccc(NC(C)=O)c1O. The fraction of sp³-hybridized carbons (Fsp3) is 0.333. The number of amides is 1. The van der Waals surface area contributed by atoms with Gasteiger partial charge in [-0.25, -0.2) is 0 Å². The number of carbonyl (C=O) groups is 2. The van der Waals surface area contributed by atoms with E-state index in [-0.39, 0.29) is 17.3 Å². The van der Waals surface area contributed by atoms with E-state index in [0.717, 1.165) is 0 Å². The zero-order valence-electron chi connectivity index (χ0n) is 9.73. The Bertz CT molecular complexity index is 442. The van der Waals surface area contributed by atoms with Crippen LogP contribution in [0.1, 0.15) is 31.7 Å². The third kappa shape index (κ3) is 2.96. The first-order chi connectivity index (χ1) is 7.97. The molecule has 0 saturated heterocycles. The van der Waals surface area contributed by atoms with Crippen LogP contribution >= 0.6 is 0 Å². The van der Waals surface area contributed by atoms with Gasteiger partial charge in [0.05, 0.1) is 11.6 Å². The second-order valence-corrected chi connectivity index (χ2v) is 3.72. The molecule has 5 nitrogen and oxygen atoms in total. The predicted molar refractivity (Wildman–Crippen MR) is 63.1 cm³/mol. The third-order valence-corrected chi connectivity index (χ3v) is 2.46. The van der Waals surface area contributed by atoms with Gasteiger partial charge in [-0.2, -0.15) is 0 Å². The second kappa shape index (κ2) is 5.34. The standard InChI is InChI=1S/C12H15NO4/c1-3-8(12(16)17)9-5-4-6-10(11(9)15)13-7(2)14/h4-6,8,15H,3H2,1-2H3,(H,13,14)(H,16,17). The largest absolute Gasteiger partial charge is 0.505 e. The van der Waals surface area contributed by atoms with E-state index in [9.17, 15) is 14.7 Å². The number of hydrogen-bond acceptors (Lipinski definition) is 3. The lowest BCUT2D eigenvalue weighted by molar-refractivity contribution is -0.138. The summed E-state index contributed by atoms with van der Waals surface area (Å²) in [4.78, 5) is 21.9. The number of anilines is 1. The van der Waals surface area contributed by atoms with Crippen LogP contribution in [0.2, 0.25) is 0 Å². The fourth-order valence-corrected chi connectivity index (χ4v) is 1.66. The Hall–Kier alpha value is -2.04. The van der Waals surface area contributed by atoms with E-state index in [0.29, 0.717) is 12.0 Å². The van der Waals surface area contributed by atoms with E-state index in [1.807, 2.05) is 0 Å². The molecule has 1 aromatic rings. The molecule has 0 aliphatic carbocycles. The van der Waals surface area contributed by atoms with Crippen molar-refractivity contribution in [2.75, 3.05) is 5.32 Å². The Morgan fingerprint density at radius 3 is 2.53 bits per heavy atom. The number of aliphatic carboxylic acids is 1. The molecule has 17 heavy (non-hydrogen) atoms. The van der Waals surface area contributed by atoms with E-state index in [4.69, 9.17) is 5.11 Å². The summed E-state index contributed by atoms with van der Waals surface area (Å²) < 4.78 is 0.